The Morgan fingerprint density at radius 3 is 2.60 bits per heavy atom. The van der Waals surface area contributed by atoms with E-state index < -0.39 is 12.3 Å². The van der Waals surface area contributed by atoms with Crippen LogP contribution in [-0.2, 0) is 9.53 Å². The number of imide groups is 1. The molecule has 1 fully saturated rings. The van der Waals surface area contributed by atoms with Crippen molar-refractivity contribution in [1.82, 2.24) is 10.2 Å². The van der Waals surface area contributed by atoms with Crippen LogP contribution in [0.25, 0.3) is 0 Å². The van der Waals surface area contributed by atoms with Gasteiger partial charge in [-0.25, -0.2) is 4.79 Å². The quantitative estimate of drug-likeness (QED) is 0.532. The summed E-state index contributed by atoms with van der Waals surface area (Å²) < 4.78 is 5.34. The molecule has 86 valence electrons. The molecule has 1 aliphatic heterocycles. The van der Waals surface area contributed by atoms with Crippen LogP contribution in [0.3, 0.4) is 0 Å². The Morgan fingerprint density at radius 2 is 2.07 bits per heavy atom. The van der Waals surface area contributed by atoms with Crippen LogP contribution in [0, 0.1) is 0 Å². The third-order valence-corrected chi connectivity index (χ3v) is 2.40. The molecule has 5 heteroatoms. The highest BCUT2D eigenvalue weighted by atomic mass is 16.5. The molecule has 1 unspecified atom stereocenters. The number of hydrogen-bond donors (Lipinski definition) is 1. The van der Waals surface area contributed by atoms with Crippen molar-refractivity contribution in [1.29, 1.82) is 0 Å². The van der Waals surface area contributed by atoms with E-state index in [4.69, 9.17) is 4.74 Å². The van der Waals surface area contributed by atoms with E-state index in [-0.39, 0.29) is 5.91 Å². The Morgan fingerprint density at radius 1 is 1.33 bits per heavy atom. The van der Waals surface area contributed by atoms with Crippen LogP contribution in [0.15, 0.2) is 0 Å². The number of carbonyl (C=O) groups excluding carboxylic acids is 2. The number of urea groups is 1. The van der Waals surface area contributed by atoms with Gasteiger partial charge < -0.3 is 4.74 Å². The van der Waals surface area contributed by atoms with E-state index in [1.54, 1.807) is 7.05 Å². The number of carbonyl (C=O) groups is 2. The van der Waals surface area contributed by atoms with Crippen molar-refractivity contribution in [2.75, 3.05) is 13.7 Å². The number of amides is 3. The van der Waals surface area contributed by atoms with Gasteiger partial charge in [-0.05, 0) is 6.42 Å². The van der Waals surface area contributed by atoms with Gasteiger partial charge in [-0.1, -0.05) is 26.2 Å². The van der Waals surface area contributed by atoms with Gasteiger partial charge in [0.1, 0.15) is 0 Å². The second-order valence-corrected chi connectivity index (χ2v) is 3.69. The molecular formula is C10H18N2O3. The Balaban J connectivity index is 2.20. The van der Waals surface area contributed by atoms with E-state index in [9.17, 15) is 9.59 Å². The molecule has 0 aliphatic carbocycles. The van der Waals surface area contributed by atoms with E-state index in [1.807, 2.05) is 0 Å². The third-order valence-electron chi connectivity index (χ3n) is 2.40. The summed E-state index contributed by atoms with van der Waals surface area (Å²) >= 11 is 0. The zero-order valence-electron chi connectivity index (χ0n) is 9.28. The summed E-state index contributed by atoms with van der Waals surface area (Å²) in [6, 6.07) is -0.390. The van der Waals surface area contributed by atoms with E-state index >= 15 is 0 Å². The number of nitrogens with zero attached hydrogens (tertiary/aromatic N) is 1. The molecule has 0 radical (unpaired) electrons. The van der Waals surface area contributed by atoms with Crippen molar-refractivity contribution < 1.29 is 14.3 Å². The number of hydrogen-bond acceptors (Lipinski definition) is 3. The first-order valence-electron chi connectivity index (χ1n) is 5.36. The van der Waals surface area contributed by atoms with Crippen molar-refractivity contribution in [2.24, 2.45) is 0 Å². The van der Waals surface area contributed by atoms with Crippen LogP contribution in [0.4, 0.5) is 4.79 Å². The van der Waals surface area contributed by atoms with Gasteiger partial charge in [0.05, 0.1) is 0 Å². The Bertz CT molecular complexity index is 243. The Hall–Kier alpha value is -1.10. The number of rotatable bonds is 6. The zero-order valence-corrected chi connectivity index (χ0v) is 9.28. The minimum absolute atomic E-state index is 0.363. The fourth-order valence-corrected chi connectivity index (χ4v) is 1.45. The fourth-order valence-electron chi connectivity index (χ4n) is 1.45. The van der Waals surface area contributed by atoms with E-state index in [1.165, 1.54) is 17.7 Å². The second-order valence-electron chi connectivity index (χ2n) is 3.69. The molecule has 1 heterocycles. The second kappa shape index (κ2) is 5.70. The standard InChI is InChI=1S/C10H18N2O3/c1-3-4-5-6-7-15-9-8(13)11-10(14)12(9)2/h9H,3-7H2,1-2H3,(H,11,13,14). The summed E-state index contributed by atoms with van der Waals surface area (Å²) in [4.78, 5) is 23.5. The van der Waals surface area contributed by atoms with Gasteiger partial charge in [0.15, 0.2) is 0 Å². The molecule has 0 aromatic rings. The van der Waals surface area contributed by atoms with Gasteiger partial charge >= 0.3 is 6.03 Å². The van der Waals surface area contributed by atoms with Crippen LogP contribution in [0.2, 0.25) is 0 Å². The summed E-state index contributed by atoms with van der Waals surface area (Å²) in [6.45, 7) is 2.66. The summed E-state index contributed by atoms with van der Waals surface area (Å²) in [5.41, 5.74) is 0. The molecular weight excluding hydrogens is 196 g/mol. The van der Waals surface area contributed by atoms with E-state index in [0.29, 0.717) is 6.61 Å². The maximum atomic E-state index is 11.2. The summed E-state index contributed by atoms with van der Waals surface area (Å²) in [5.74, 6) is -0.363. The first kappa shape index (κ1) is 12.0. The monoisotopic (exact) mass is 214 g/mol. The minimum Gasteiger partial charge on any atom is -0.349 e. The van der Waals surface area contributed by atoms with Crippen LogP contribution in [-0.4, -0.2) is 36.7 Å². The predicted molar refractivity (Wildman–Crippen MR) is 55.2 cm³/mol. The molecule has 0 bridgehead atoms. The van der Waals surface area contributed by atoms with E-state index in [2.05, 4.69) is 12.2 Å². The molecule has 1 atom stereocenters. The van der Waals surface area contributed by atoms with E-state index in [0.717, 1.165) is 12.8 Å². The van der Waals surface area contributed by atoms with Gasteiger partial charge in [-0.15, -0.1) is 0 Å². The maximum absolute atomic E-state index is 11.2. The van der Waals surface area contributed by atoms with Crippen LogP contribution >= 0.6 is 0 Å². The topological polar surface area (TPSA) is 58.6 Å². The summed E-state index contributed by atoms with van der Waals surface area (Å²) in [5, 5.41) is 2.19. The molecule has 1 saturated heterocycles. The summed E-state index contributed by atoms with van der Waals surface area (Å²) in [6.07, 6.45) is 3.64. The normalized spacial score (nSPS) is 20.9. The van der Waals surface area contributed by atoms with Gasteiger partial charge in [-0.3, -0.25) is 15.0 Å². The Labute approximate surface area is 89.8 Å². The molecule has 0 aromatic carbocycles. The highest BCUT2D eigenvalue weighted by Crippen LogP contribution is 2.08. The lowest BCUT2D eigenvalue weighted by molar-refractivity contribution is -0.135. The fraction of sp³-hybridized carbons (Fsp3) is 0.800. The van der Waals surface area contributed by atoms with Gasteiger partial charge in [0.25, 0.3) is 5.91 Å². The first-order valence-corrected chi connectivity index (χ1v) is 5.36. The maximum Gasteiger partial charge on any atom is 0.326 e. The van der Waals surface area contributed by atoms with Gasteiger partial charge in [0, 0.05) is 13.7 Å². The van der Waals surface area contributed by atoms with Crippen LogP contribution in [0.5, 0.6) is 0 Å². The molecule has 5 nitrogen and oxygen atoms in total. The van der Waals surface area contributed by atoms with Crippen molar-refractivity contribution in [3.63, 3.8) is 0 Å². The minimum atomic E-state index is -0.737. The highest BCUT2D eigenvalue weighted by molar-refractivity contribution is 6.03. The first-order chi connectivity index (χ1) is 7.16. The number of ether oxygens (including phenoxy) is 1. The smallest absolute Gasteiger partial charge is 0.326 e. The van der Waals surface area contributed by atoms with Crippen molar-refractivity contribution in [2.45, 2.75) is 38.8 Å². The lowest BCUT2D eigenvalue weighted by Crippen LogP contribution is -2.34. The largest absolute Gasteiger partial charge is 0.349 e. The molecule has 1 aliphatic rings. The SMILES string of the molecule is CCCCCCOC1C(=O)NC(=O)N1C. The molecule has 3 amide bonds. The highest BCUT2D eigenvalue weighted by Gasteiger charge is 2.36. The number of unbranched alkanes of at least 4 members (excludes halogenated alkanes) is 3. The lowest BCUT2D eigenvalue weighted by atomic mass is 10.2. The Kier molecular flexibility index (Phi) is 4.55. The van der Waals surface area contributed by atoms with Crippen molar-refractivity contribution >= 4 is 11.9 Å². The molecule has 1 rings (SSSR count). The number of likely N-dealkylation sites (N-methyl/N-ethyl adjacent to an activating group) is 1. The third kappa shape index (κ3) is 3.20. The van der Waals surface area contributed by atoms with Gasteiger partial charge in [0.2, 0.25) is 6.23 Å². The number of nitrogens with one attached hydrogen (secondary N) is 1. The molecule has 0 saturated carbocycles. The summed E-state index contributed by atoms with van der Waals surface area (Å²) in [7, 11) is 1.55. The van der Waals surface area contributed by atoms with Crippen molar-refractivity contribution in [3.8, 4) is 0 Å². The molecule has 0 aromatic heterocycles. The van der Waals surface area contributed by atoms with Crippen LogP contribution < -0.4 is 5.32 Å². The zero-order chi connectivity index (χ0) is 11.3. The van der Waals surface area contributed by atoms with Gasteiger partial charge in [-0.2, -0.15) is 0 Å². The average molecular weight is 214 g/mol. The lowest BCUT2D eigenvalue weighted by Gasteiger charge is -2.16. The molecule has 15 heavy (non-hydrogen) atoms. The average Bonchev–Trinajstić information content (AvgIpc) is 2.44. The van der Waals surface area contributed by atoms with Crippen molar-refractivity contribution in [3.05, 3.63) is 0 Å². The molecule has 0 spiro atoms. The molecule has 1 N–H and O–H groups in total. The predicted octanol–water partition coefficient (Wildman–Crippen LogP) is 1.09. The van der Waals surface area contributed by atoms with Crippen LogP contribution in [0.1, 0.15) is 32.6 Å².